The Morgan fingerprint density at radius 1 is 1.21 bits per heavy atom. The van der Waals surface area contributed by atoms with Crippen molar-refractivity contribution in [2.45, 2.75) is 19.8 Å². The molecule has 0 saturated heterocycles. The zero-order chi connectivity index (χ0) is 20.3. The summed E-state index contributed by atoms with van der Waals surface area (Å²) in [4.78, 5) is 24.7. The molecule has 0 saturated carbocycles. The van der Waals surface area contributed by atoms with Crippen molar-refractivity contribution in [3.63, 3.8) is 0 Å². The van der Waals surface area contributed by atoms with E-state index < -0.39 is 17.7 Å². The summed E-state index contributed by atoms with van der Waals surface area (Å²) in [7, 11) is 0. The number of benzene rings is 2. The van der Waals surface area contributed by atoms with Gasteiger partial charge in [-0.15, -0.1) is 0 Å². The van der Waals surface area contributed by atoms with Gasteiger partial charge in [-0.3, -0.25) is 4.79 Å². The molecule has 2 aromatic carbocycles. The van der Waals surface area contributed by atoms with Crippen LogP contribution in [0, 0.1) is 11.7 Å². The lowest BCUT2D eigenvalue weighted by Crippen LogP contribution is -2.28. The molecule has 0 spiro atoms. The molecule has 1 atom stereocenters. The van der Waals surface area contributed by atoms with E-state index in [1.54, 1.807) is 18.2 Å². The lowest BCUT2D eigenvalue weighted by molar-refractivity contribution is -0.132. The quantitative estimate of drug-likeness (QED) is 0.645. The Kier molecular flexibility index (Phi) is 6.04. The van der Waals surface area contributed by atoms with E-state index in [9.17, 15) is 19.1 Å². The average molecular weight is 445 g/mol. The summed E-state index contributed by atoms with van der Waals surface area (Å²) in [5.74, 6) is -2.46. The maximum absolute atomic E-state index is 13.2. The number of carbonyl (C=O) groups is 2. The first-order valence-corrected chi connectivity index (χ1v) is 9.54. The number of carboxylic acid groups (broad SMARTS) is 1. The second-order valence-electron chi connectivity index (χ2n) is 6.35. The lowest BCUT2D eigenvalue weighted by Gasteiger charge is -2.15. The smallest absolute Gasteiger partial charge is 0.331 e. The molecule has 5 nitrogen and oxygen atoms in total. The van der Waals surface area contributed by atoms with Gasteiger partial charge in [0.25, 0.3) is 5.91 Å². The number of rotatable bonds is 6. The van der Waals surface area contributed by atoms with E-state index in [1.165, 1.54) is 29.3 Å². The van der Waals surface area contributed by atoms with Crippen LogP contribution in [0.2, 0.25) is 0 Å². The standard InChI is InChI=1S/C21H18BrFN2O3/c1-2-19-18(20(26)25(24-19)17-9-7-16(23)8-10-17)12-14(21(27)28)11-13-3-5-15(22)6-4-13/h3-11,18H,2,12H2,1H3,(H,27,28). The van der Waals surface area contributed by atoms with Crippen molar-refractivity contribution in [1.29, 1.82) is 0 Å². The highest BCUT2D eigenvalue weighted by molar-refractivity contribution is 9.10. The first-order valence-electron chi connectivity index (χ1n) is 8.75. The summed E-state index contributed by atoms with van der Waals surface area (Å²) in [6.45, 7) is 1.87. The van der Waals surface area contributed by atoms with Gasteiger partial charge in [-0.25, -0.2) is 14.2 Å². The van der Waals surface area contributed by atoms with Crippen LogP contribution in [0.15, 0.2) is 63.7 Å². The van der Waals surface area contributed by atoms with Gasteiger partial charge in [-0.1, -0.05) is 35.0 Å². The van der Waals surface area contributed by atoms with E-state index in [0.29, 0.717) is 17.8 Å². The third kappa shape index (κ3) is 4.36. The molecule has 0 bridgehead atoms. The van der Waals surface area contributed by atoms with Crippen LogP contribution >= 0.6 is 15.9 Å². The minimum atomic E-state index is -1.08. The van der Waals surface area contributed by atoms with Crippen molar-refractivity contribution >= 4 is 45.3 Å². The second-order valence-corrected chi connectivity index (χ2v) is 7.27. The van der Waals surface area contributed by atoms with Gasteiger partial charge in [0.15, 0.2) is 0 Å². The van der Waals surface area contributed by atoms with Crippen LogP contribution in [0.1, 0.15) is 25.3 Å². The van der Waals surface area contributed by atoms with E-state index in [2.05, 4.69) is 21.0 Å². The Bertz CT molecular complexity index is 953. The average Bonchev–Trinajstić information content (AvgIpc) is 2.99. The predicted molar refractivity (Wildman–Crippen MR) is 109 cm³/mol. The van der Waals surface area contributed by atoms with Crippen molar-refractivity contribution in [3.05, 3.63) is 70.0 Å². The summed E-state index contributed by atoms with van der Waals surface area (Å²) in [6.07, 6.45) is 2.11. The Balaban J connectivity index is 1.87. The van der Waals surface area contributed by atoms with Gasteiger partial charge in [0, 0.05) is 10.0 Å². The molecular formula is C21H18BrFN2O3. The highest BCUT2D eigenvalue weighted by Crippen LogP contribution is 2.30. The highest BCUT2D eigenvalue weighted by atomic mass is 79.9. The second kappa shape index (κ2) is 8.48. The van der Waals surface area contributed by atoms with Gasteiger partial charge in [0.2, 0.25) is 0 Å². The molecule has 1 aliphatic rings. The first-order chi connectivity index (χ1) is 13.4. The molecule has 0 aromatic heterocycles. The van der Waals surface area contributed by atoms with Crippen LogP contribution in [-0.4, -0.2) is 22.7 Å². The molecular weight excluding hydrogens is 427 g/mol. The maximum Gasteiger partial charge on any atom is 0.331 e. The van der Waals surface area contributed by atoms with E-state index in [-0.39, 0.29) is 17.9 Å². The Labute approximate surface area is 170 Å². The Morgan fingerprint density at radius 2 is 1.86 bits per heavy atom. The molecule has 2 aromatic rings. The van der Waals surface area contributed by atoms with E-state index in [4.69, 9.17) is 0 Å². The Hall–Kier alpha value is -2.80. The minimum Gasteiger partial charge on any atom is -0.478 e. The Morgan fingerprint density at radius 3 is 2.43 bits per heavy atom. The van der Waals surface area contributed by atoms with E-state index in [0.717, 1.165) is 10.0 Å². The molecule has 3 rings (SSSR count). The van der Waals surface area contributed by atoms with Crippen LogP contribution in [0.5, 0.6) is 0 Å². The van der Waals surface area contributed by atoms with Gasteiger partial charge in [0.1, 0.15) is 5.82 Å². The van der Waals surface area contributed by atoms with Gasteiger partial charge in [-0.2, -0.15) is 5.10 Å². The molecule has 1 unspecified atom stereocenters. The number of carbonyl (C=O) groups excluding carboxylic acids is 1. The zero-order valence-corrected chi connectivity index (χ0v) is 16.7. The van der Waals surface area contributed by atoms with Crippen LogP contribution in [0.25, 0.3) is 6.08 Å². The van der Waals surface area contributed by atoms with Crippen LogP contribution in [0.3, 0.4) is 0 Å². The summed E-state index contributed by atoms with van der Waals surface area (Å²) >= 11 is 3.34. The SMILES string of the molecule is CCC1=NN(c2ccc(F)cc2)C(=O)C1CC(=Cc1ccc(Br)cc1)C(=O)O. The van der Waals surface area contributed by atoms with E-state index >= 15 is 0 Å². The molecule has 0 fully saturated rings. The van der Waals surface area contributed by atoms with Crippen LogP contribution in [-0.2, 0) is 9.59 Å². The topological polar surface area (TPSA) is 70.0 Å². The number of amides is 1. The van der Waals surface area contributed by atoms with Gasteiger partial charge in [0.05, 0.1) is 17.3 Å². The number of carboxylic acids is 1. The van der Waals surface area contributed by atoms with Crippen molar-refractivity contribution in [1.82, 2.24) is 0 Å². The fraction of sp³-hybridized carbons (Fsp3) is 0.190. The zero-order valence-electron chi connectivity index (χ0n) is 15.1. The number of anilines is 1. The number of halogens is 2. The van der Waals surface area contributed by atoms with Gasteiger partial charge >= 0.3 is 5.97 Å². The fourth-order valence-corrected chi connectivity index (χ4v) is 3.28. The number of hydrogen-bond donors (Lipinski definition) is 1. The highest BCUT2D eigenvalue weighted by Gasteiger charge is 2.37. The summed E-state index contributed by atoms with van der Waals surface area (Å²) in [5.41, 5.74) is 1.92. The van der Waals surface area contributed by atoms with Crippen molar-refractivity contribution < 1.29 is 19.1 Å². The molecule has 1 amide bonds. The monoisotopic (exact) mass is 444 g/mol. The molecule has 28 heavy (non-hydrogen) atoms. The molecule has 1 heterocycles. The maximum atomic E-state index is 13.2. The molecule has 144 valence electrons. The largest absolute Gasteiger partial charge is 0.478 e. The summed E-state index contributed by atoms with van der Waals surface area (Å²) in [5, 5.41) is 15.2. The van der Waals surface area contributed by atoms with Crippen molar-refractivity contribution in [3.8, 4) is 0 Å². The van der Waals surface area contributed by atoms with Gasteiger partial charge in [-0.05, 0) is 60.9 Å². The third-order valence-electron chi connectivity index (χ3n) is 4.48. The molecule has 0 aliphatic carbocycles. The fourth-order valence-electron chi connectivity index (χ4n) is 3.02. The van der Waals surface area contributed by atoms with Gasteiger partial charge < -0.3 is 5.11 Å². The van der Waals surface area contributed by atoms with E-state index in [1.807, 2.05) is 19.1 Å². The number of hydrazone groups is 1. The molecule has 1 N–H and O–H groups in total. The predicted octanol–water partition coefficient (Wildman–Crippen LogP) is 4.88. The lowest BCUT2D eigenvalue weighted by atomic mass is 9.92. The molecule has 0 radical (unpaired) electrons. The van der Waals surface area contributed by atoms with Crippen molar-refractivity contribution in [2.24, 2.45) is 11.0 Å². The first kappa shape index (κ1) is 19.9. The number of hydrogen-bond acceptors (Lipinski definition) is 3. The molecule has 1 aliphatic heterocycles. The number of aliphatic carboxylic acids is 1. The van der Waals surface area contributed by atoms with Crippen LogP contribution < -0.4 is 5.01 Å². The minimum absolute atomic E-state index is 0.0363. The van der Waals surface area contributed by atoms with Crippen LogP contribution in [0.4, 0.5) is 10.1 Å². The molecule has 7 heteroatoms. The summed E-state index contributed by atoms with van der Waals surface area (Å²) in [6, 6.07) is 12.7. The normalized spacial score (nSPS) is 17.0. The summed E-state index contributed by atoms with van der Waals surface area (Å²) < 4.78 is 14.1. The third-order valence-corrected chi connectivity index (χ3v) is 5.01. The number of nitrogens with zero attached hydrogens (tertiary/aromatic N) is 2. The van der Waals surface area contributed by atoms with Crippen molar-refractivity contribution in [2.75, 3.05) is 5.01 Å².